The molecule has 0 aromatic carbocycles. The van der Waals surface area contributed by atoms with Crippen LogP contribution in [0.4, 0.5) is 4.79 Å². The normalized spacial score (nSPS) is 5.50. The Kier molecular flexibility index (Phi) is 9.36. The summed E-state index contributed by atoms with van der Waals surface area (Å²) in [5.41, 5.74) is 0. The summed E-state index contributed by atoms with van der Waals surface area (Å²) < 4.78 is 3.58. The average Bonchev–Trinajstić information content (AvgIpc) is 1.38. The number of rotatable bonds is 0. The van der Waals surface area contributed by atoms with E-state index >= 15 is 0 Å². The number of hydrogen-bond acceptors (Lipinski definition) is 2. The summed E-state index contributed by atoms with van der Waals surface area (Å²) in [5.74, 6) is 0. The standard InChI is InChI=1S/CH3O3P.Na.H/c2-1(3)4-5;;/h5H2,(H,2,3);;/q;+1;-1. The molecule has 0 saturated heterocycles. The number of hydrogen-bond donors (Lipinski definition) is 1. The molecule has 0 rings (SSSR count). The van der Waals surface area contributed by atoms with Crippen LogP contribution in [0.15, 0.2) is 0 Å². The van der Waals surface area contributed by atoms with Gasteiger partial charge in [-0.2, -0.15) is 0 Å². The molecule has 0 aromatic heterocycles. The largest absolute Gasteiger partial charge is 1.00 e. The van der Waals surface area contributed by atoms with Gasteiger partial charge in [-0.3, -0.25) is 0 Å². The Bertz CT molecular complexity index is 50.2. The monoisotopic (exact) mass is 118 g/mol. The van der Waals surface area contributed by atoms with Gasteiger partial charge in [0.15, 0.2) is 0 Å². The van der Waals surface area contributed by atoms with Crippen LogP contribution in [-0.4, -0.2) is 11.3 Å². The van der Waals surface area contributed by atoms with Crippen molar-refractivity contribution >= 4 is 15.6 Å². The van der Waals surface area contributed by atoms with Gasteiger partial charge in [0.05, 0.1) is 9.47 Å². The molecule has 1 N–H and O–H groups in total. The first-order valence-corrected chi connectivity index (χ1v) is 1.34. The first kappa shape index (κ1) is 9.85. The number of carbonyl (C=O) groups is 1. The van der Waals surface area contributed by atoms with Gasteiger partial charge in [-0.25, -0.2) is 4.79 Å². The van der Waals surface area contributed by atoms with Crippen LogP contribution in [0.5, 0.6) is 0 Å². The van der Waals surface area contributed by atoms with Crippen LogP contribution >= 0.6 is 9.47 Å². The van der Waals surface area contributed by atoms with Crippen LogP contribution in [0.25, 0.3) is 0 Å². The van der Waals surface area contributed by atoms with E-state index in [1.807, 2.05) is 0 Å². The van der Waals surface area contributed by atoms with Crippen LogP contribution in [0.2, 0.25) is 0 Å². The van der Waals surface area contributed by atoms with Crippen molar-refractivity contribution in [2.24, 2.45) is 0 Å². The van der Waals surface area contributed by atoms with E-state index in [-0.39, 0.29) is 31.0 Å². The van der Waals surface area contributed by atoms with E-state index in [9.17, 15) is 0 Å². The zero-order chi connectivity index (χ0) is 4.28. The smallest absolute Gasteiger partial charge is 1.00 e. The van der Waals surface area contributed by atoms with E-state index in [4.69, 9.17) is 9.90 Å². The second-order valence-electron chi connectivity index (χ2n) is 0.384. The van der Waals surface area contributed by atoms with Gasteiger partial charge in [0, 0.05) is 0 Å². The van der Waals surface area contributed by atoms with E-state index in [1.165, 1.54) is 0 Å². The van der Waals surface area contributed by atoms with Crippen molar-refractivity contribution in [2.45, 2.75) is 0 Å². The third-order valence-electron chi connectivity index (χ3n) is 0.101. The van der Waals surface area contributed by atoms with E-state index in [0.717, 1.165) is 0 Å². The summed E-state index contributed by atoms with van der Waals surface area (Å²) in [6, 6.07) is 0. The molecule has 1 atom stereocenters. The third-order valence-corrected chi connectivity index (χ3v) is 0.302. The molecular formula is CH4NaO3P. The summed E-state index contributed by atoms with van der Waals surface area (Å²) in [6.07, 6.45) is -1.28. The summed E-state index contributed by atoms with van der Waals surface area (Å²) in [4.78, 5) is 9.12. The quantitative estimate of drug-likeness (QED) is 0.284. The molecule has 0 bridgehead atoms. The molecule has 0 aliphatic carbocycles. The molecular weight excluding hydrogens is 114 g/mol. The Balaban J connectivity index is -0.0000000800. The fourth-order valence-corrected chi connectivity index (χ4v) is 0. The van der Waals surface area contributed by atoms with E-state index in [0.29, 0.717) is 0 Å². The van der Waals surface area contributed by atoms with Crippen molar-refractivity contribution in [3.8, 4) is 0 Å². The molecule has 0 aromatic rings. The Labute approximate surface area is 61.1 Å². The van der Waals surface area contributed by atoms with Crippen LogP contribution in [0.1, 0.15) is 1.43 Å². The molecule has 0 heterocycles. The molecule has 32 valence electrons. The van der Waals surface area contributed by atoms with Crippen molar-refractivity contribution < 1.29 is 45.4 Å². The van der Waals surface area contributed by atoms with Gasteiger partial charge in [0.25, 0.3) is 0 Å². The maximum absolute atomic E-state index is 9.12. The summed E-state index contributed by atoms with van der Waals surface area (Å²) in [6.45, 7) is 0. The predicted molar refractivity (Wildman–Crippen MR) is 19.9 cm³/mol. The molecule has 0 fully saturated rings. The van der Waals surface area contributed by atoms with Crippen molar-refractivity contribution in [3.05, 3.63) is 0 Å². The Morgan fingerprint density at radius 1 is 2.00 bits per heavy atom. The molecule has 0 radical (unpaired) electrons. The van der Waals surface area contributed by atoms with Crippen molar-refractivity contribution in [1.29, 1.82) is 0 Å². The summed E-state index contributed by atoms with van der Waals surface area (Å²) in [5, 5.41) is 7.48. The second kappa shape index (κ2) is 5.70. The average molecular weight is 118 g/mol. The minimum atomic E-state index is -1.28. The molecule has 5 heteroatoms. The first-order chi connectivity index (χ1) is 2.27. The number of carboxylic acid groups (broad SMARTS) is 1. The van der Waals surface area contributed by atoms with Crippen molar-refractivity contribution in [3.63, 3.8) is 0 Å². The Morgan fingerprint density at radius 3 is 2.17 bits per heavy atom. The minimum absolute atomic E-state index is 0. The molecule has 0 saturated carbocycles. The molecule has 0 aliphatic heterocycles. The van der Waals surface area contributed by atoms with Crippen molar-refractivity contribution in [1.82, 2.24) is 0 Å². The summed E-state index contributed by atoms with van der Waals surface area (Å²) in [7, 11) is 1.59. The Morgan fingerprint density at radius 2 is 2.17 bits per heavy atom. The van der Waals surface area contributed by atoms with Gasteiger partial charge < -0.3 is 11.1 Å². The fraction of sp³-hybridized carbons (Fsp3) is 0. The van der Waals surface area contributed by atoms with Gasteiger partial charge in [-0.1, -0.05) is 0 Å². The zero-order valence-electron chi connectivity index (χ0n) is 4.34. The summed E-state index contributed by atoms with van der Waals surface area (Å²) >= 11 is 0. The van der Waals surface area contributed by atoms with Crippen LogP contribution in [0.3, 0.4) is 0 Å². The van der Waals surface area contributed by atoms with Crippen LogP contribution in [-0.2, 0) is 4.52 Å². The van der Waals surface area contributed by atoms with Gasteiger partial charge in [0.2, 0.25) is 0 Å². The molecule has 0 aliphatic rings. The van der Waals surface area contributed by atoms with Crippen molar-refractivity contribution in [2.75, 3.05) is 0 Å². The maximum Gasteiger partial charge on any atom is 1.00 e. The molecule has 3 nitrogen and oxygen atoms in total. The van der Waals surface area contributed by atoms with E-state index < -0.39 is 6.16 Å². The van der Waals surface area contributed by atoms with Gasteiger partial charge in [0.1, 0.15) is 0 Å². The first-order valence-electron chi connectivity index (χ1n) is 0.868. The zero-order valence-corrected chi connectivity index (χ0v) is 6.50. The van der Waals surface area contributed by atoms with Crippen LogP contribution < -0.4 is 29.6 Å². The minimum Gasteiger partial charge on any atom is -1.00 e. The van der Waals surface area contributed by atoms with E-state index in [2.05, 4.69) is 4.52 Å². The van der Waals surface area contributed by atoms with Crippen LogP contribution in [0, 0.1) is 0 Å². The molecule has 0 spiro atoms. The molecule has 0 amide bonds. The van der Waals surface area contributed by atoms with E-state index in [1.54, 1.807) is 9.47 Å². The second-order valence-corrected chi connectivity index (χ2v) is 0.619. The third kappa shape index (κ3) is 8.83. The van der Waals surface area contributed by atoms with Gasteiger partial charge in [-0.15, -0.1) is 0 Å². The topological polar surface area (TPSA) is 46.5 Å². The fourth-order valence-electron chi connectivity index (χ4n) is 0. The van der Waals surface area contributed by atoms with Gasteiger partial charge in [-0.05, 0) is 0 Å². The SMILES string of the molecule is O=C(O)OP.[H-].[Na+]. The van der Waals surface area contributed by atoms with Gasteiger partial charge >= 0.3 is 35.7 Å². The molecule has 1 unspecified atom stereocenters. The Hall–Kier alpha value is 0.700. The predicted octanol–water partition coefficient (Wildman–Crippen LogP) is -2.41. The molecule has 6 heavy (non-hydrogen) atoms. The maximum atomic E-state index is 9.12.